The second kappa shape index (κ2) is 10.4. The molecule has 1 fully saturated rings. The molecule has 0 aliphatic carbocycles. The zero-order chi connectivity index (χ0) is 16.7. The van der Waals surface area contributed by atoms with Gasteiger partial charge in [-0.05, 0) is 37.9 Å². The topological polar surface area (TPSA) is 74.0 Å². The number of halogens is 1. The number of hydrogen-bond donors (Lipinski definition) is 1. The van der Waals surface area contributed by atoms with Gasteiger partial charge in [0.2, 0.25) is 0 Å². The molecule has 136 valence electrons. The maximum absolute atomic E-state index is 12.7. The van der Waals surface area contributed by atoms with Crippen molar-refractivity contribution in [3.8, 4) is 11.5 Å². The number of hydrogen-bond acceptors (Lipinski definition) is 5. The van der Waals surface area contributed by atoms with E-state index in [-0.39, 0.29) is 24.4 Å². The molecular formula is C17H27ClN2O4. The highest BCUT2D eigenvalue weighted by molar-refractivity contribution is 5.97. The first-order valence-corrected chi connectivity index (χ1v) is 8.03. The number of nitrogens with two attached hydrogens (primary N) is 1. The van der Waals surface area contributed by atoms with Crippen molar-refractivity contribution in [1.29, 1.82) is 0 Å². The highest BCUT2D eigenvalue weighted by atomic mass is 35.5. The van der Waals surface area contributed by atoms with Crippen LogP contribution in [0.2, 0.25) is 0 Å². The van der Waals surface area contributed by atoms with Crippen molar-refractivity contribution in [1.82, 2.24) is 4.90 Å². The Balaban J connectivity index is 0.00000288. The Labute approximate surface area is 149 Å². The van der Waals surface area contributed by atoms with Crippen molar-refractivity contribution in [2.45, 2.75) is 25.4 Å². The van der Waals surface area contributed by atoms with E-state index in [1.807, 2.05) is 4.90 Å². The molecule has 2 rings (SSSR count). The van der Waals surface area contributed by atoms with Gasteiger partial charge in [0, 0.05) is 19.7 Å². The van der Waals surface area contributed by atoms with Gasteiger partial charge in [-0.15, -0.1) is 12.4 Å². The number of piperidine rings is 1. The lowest BCUT2D eigenvalue weighted by Gasteiger charge is -2.32. The fraction of sp³-hybridized carbons (Fsp3) is 0.588. The van der Waals surface area contributed by atoms with Gasteiger partial charge >= 0.3 is 0 Å². The monoisotopic (exact) mass is 358 g/mol. The standard InChI is InChI=1S/C17H26N2O4.ClH/c1-21-15-6-3-5-14(16(15)22-2)17(20)19-10-7-13(8-11-19)23-12-4-9-18;/h3,5-6,13H,4,7-12,18H2,1-2H3;1H. The van der Waals surface area contributed by atoms with Crippen LogP contribution in [0.15, 0.2) is 18.2 Å². The Morgan fingerprint density at radius 1 is 1.25 bits per heavy atom. The summed E-state index contributed by atoms with van der Waals surface area (Å²) in [5.74, 6) is 1.03. The van der Waals surface area contributed by atoms with Gasteiger partial charge in [0.1, 0.15) is 0 Å². The Morgan fingerprint density at radius 3 is 2.54 bits per heavy atom. The summed E-state index contributed by atoms with van der Waals surface area (Å²) in [6, 6.07) is 5.36. The molecule has 1 amide bonds. The third-order valence-corrected chi connectivity index (χ3v) is 4.06. The van der Waals surface area contributed by atoms with Gasteiger partial charge in [0.25, 0.3) is 5.91 Å². The molecule has 1 saturated heterocycles. The van der Waals surface area contributed by atoms with Gasteiger partial charge in [-0.3, -0.25) is 4.79 Å². The van der Waals surface area contributed by atoms with E-state index in [2.05, 4.69) is 0 Å². The minimum absolute atomic E-state index is 0. The SMILES string of the molecule is COc1cccc(C(=O)N2CCC(OCCCN)CC2)c1OC.Cl. The lowest BCUT2D eigenvalue weighted by Crippen LogP contribution is -2.41. The van der Waals surface area contributed by atoms with Crippen LogP contribution in [0, 0.1) is 0 Å². The van der Waals surface area contributed by atoms with Crippen LogP contribution in [0.3, 0.4) is 0 Å². The van der Waals surface area contributed by atoms with Gasteiger partial charge in [0.15, 0.2) is 11.5 Å². The first-order valence-electron chi connectivity index (χ1n) is 8.03. The van der Waals surface area contributed by atoms with Crippen molar-refractivity contribution in [3.63, 3.8) is 0 Å². The Kier molecular flexibility index (Phi) is 8.89. The van der Waals surface area contributed by atoms with E-state index in [1.54, 1.807) is 32.4 Å². The summed E-state index contributed by atoms with van der Waals surface area (Å²) < 4.78 is 16.4. The summed E-state index contributed by atoms with van der Waals surface area (Å²) in [7, 11) is 3.11. The predicted molar refractivity (Wildman–Crippen MR) is 95.3 cm³/mol. The lowest BCUT2D eigenvalue weighted by molar-refractivity contribution is 0.00836. The Bertz CT molecular complexity index is 519. The largest absolute Gasteiger partial charge is 0.493 e. The third kappa shape index (κ3) is 5.00. The highest BCUT2D eigenvalue weighted by Crippen LogP contribution is 2.32. The van der Waals surface area contributed by atoms with Gasteiger partial charge in [-0.25, -0.2) is 0 Å². The average Bonchev–Trinajstić information content (AvgIpc) is 2.61. The van der Waals surface area contributed by atoms with Crippen LogP contribution in [-0.2, 0) is 4.74 Å². The van der Waals surface area contributed by atoms with Crippen LogP contribution in [-0.4, -0.2) is 57.4 Å². The van der Waals surface area contributed by atoms with Crippen LogP contribution in [0.25, 0.3) is 0 Å². The number of carbonyl (C=O) groups is 1. The molecule has 1 aromatic rings. The van der Waals surface area contributed by atoms with Crippen LogP contribution in [0.4, 0.5) is 0 Å². The number of methoxy groups -OCH3 is 2. The van der Waals surface area contributed by atoms with Crippen LogP contribution >= 0.6 is 12.4 Å². The third-order valence-electron chi connectivity index (χ3n) is 4.06. The fourth-order valence-electron chi connectivity index (χ4n) is 2.78. The number of likely N-dealkylation sites (tertiary alicyclic amines) is 1. The highest BCUT2D eigenvalue weighted by Gasteiger charge is 2.26. The van der Waals surface area contributed by atoms with E-state index in [4.69, 9.17) is 19.9 Å². The summed E-state index contributed by atoms with van der Waals surface area (Å²) in [6.45, 7) is 2.71. The molecule has 24 heavy (non-hydrogen) atoms. The Hall–Kier alpha value is -1.50. The molecule has 1 aromatic carbocycles. The van der Waals surface area contributed by atoms with E-state index >= 15 is 0 Å². The van der Waals surface area contributed by atoms with E-state index < -0.39 is 0 Å². The van der Waals surface area contributed by atoms with Gasteiger partial charge in [0.05, 0.1) is 25.9 Å². The first-order chi connectivity index (χ1) is 11.2. The minimum Gasteiger partial charge on any atom is -0.493 e. The Morgan fingerprint density at radius 2 is 1.96 bits per heavy atom. The number of rotatable bonds is 7. The number of ether oxygens (including phenoxy) is 3. The zero-order valence-corrected chi connectivity index (χ0v) is 15.1. The molecular weight excluding hydrogens is 332 g/mol. The molecule has 1 aliphatic heterocycles. The number of carbonyl (C=O) groups excluding carboxylic acids is 1. The van der Waals surface area contributed by atoms with E-state index in [0.717, 1.165) is 19.3 Å². The molecule has 0 spiro atoms. The molecule has 0 unspecified atom stereocenters. The zero-order valence-electron chi connectivity index (χ0n) is 14.3. The normalized spacial score (nSPS) is 14.9. The lowest BCUT2D eigenvalue weighted by atomic mass is 10.1. The number of benzene rings is 1. The van der Waals surface area contributed by atoms with Crippen molar-refractivity contribution in [2.24, 2.45) is 5.73 Å². The quantitative estimate of drug-likeness (QED) is 0.755. The summed E-state index contributed by atoms with van der Waals surface area (Å²) in [5, 5.41) is 0. The summed E-state index contributed by atoms with van der Waals surface area (Å²) in [6.07, 6.45) is 2.79. The molecule has 0 bridgehead atoms. The van der Waals surface area contributed by atoms with Crippen molar-refractivity contribution >= 4 is 18.3 Å². The maximum atomic E-state index is 12.7. The summed E-state index contributed by atoms with van der Waals surface area (Å²) in [5.41, 5.74) is 6.00. The second-order valence-electron chi connectivity index (χ2n) is 5.55. The molecule has 6 nitrogen and oxygen atoms in total. The van der Waals surface area contributed by atoms with Gasteiger partial charge in [-0.1, -0.05) is 6.07 Å². The van der Waals surface area contributed by atoms with E-state index in [9.17, 15) is 4.79 Å². The smallest absolute Gasteiger partial charge is 0.257 e. The van der Waals surface area contributed by atoms with E-state index in [1.165, 1.54) is 0 Å². The molecule has 0 radical (unpaired) electrons. The van der Waals surface area contributed by atoms with Gasteiger partial charge < -0.3 is 24.8 Å². The fourth-order valence-corrected chi connectivity index (χ4v) is 2.78. The number of nitrogens with zero attached hydrogens (tertiary/aromatic N) is 1. The molecule has 1 heterocycles. The van der Waals surface area contributed by atoms with Crippen LogP contribution in [0.1, 0.15) is 29.6 Å². The number of para-hydroxylation sites is 1. The molecule has 0 saturated carbocycles. The van der Waals surface area contributed by atoms with Crippen molar-refractivity contribution < 1.29 is 19.0 Å². The van der Waals surface area contributed by atoms with Crippen LogP contribution in [0.5, 0.6) is 11.5 Å². The van der Waals surface area contributed by atoms with E-state index in [0.29, 0.717) is 43.3 Å². The summed E-state index contributed by atoms with van der Waals surface area (Å²) >= 11 is 0. The number of amides is 1. The first kappa shape index (κ1) is 20.5. The summed E-state index contributed by atoms with van der Waals surface area (Å²) in [4.78, 5) is 14.6. The van der Waals surface area contributed by atoms with Crippen LogP contribution < -0.4 is 15.2 Å². The molecule has 1 aliphatic rings. The van der Waals surface area contributed by atoms with Crippen molar-refractivity contribution in [3.05, 3.63) is 23.8 Å². The second-order valence-corrected chi connectivity index (χ2v) is 5.55. The molecule has 2 N–H and O–H groups in total. The maximum Gasteiger partial charge on any atom is 0.257 e. The minimum atomic E-state index is -0.0267. The molecule has 0 atom stereocenters. The predicted octanol–water partition coefficient (Wildman–Crippen LogP) is 2.10. The average molecular weight is 359 g/mol. The van der Waals surface area contributed by atoms with Gasteiger partial charge in [-0.2, -0.15) is 0 Å². The molecule has 0 aromatic heterocycles. The van der Waals surface area contributed by atoms with Crippen molar-refractivity contribution in [2.75, 3.05) is 40.5 Å². The molecule has 7 heteroatoms.